The van der Waals surface area contributed by atoms with E-state index >= 15 is 0 Å². The minimum absolute atomic E-state index is 0.115. The Morgan fingerprint density at radius 3 is 2.74 bits per heavy atom. The molecule has 1 rings (SSSR count). The van der Waals surface area contributed by atoms with Crippen molar-refractivity contribution >= 4 is 22.5 Å². The van der Waals surface area contributed by atoms with Gasteiger partial charge in [-0.2, -0.15) is 0 Å². The number of hydrogen-bond donors (Lipinski definition) is 2. The molecule has 2 atom stereocenters. The number of carbonyl (C=O) groups is 1. The molecular formula is C13H21N3O2S. The van der Waals surface area contributed by atoms with Gasteiger partial charge in [-0.3, -0.25) is 9.00 Å². The molecule has 0 spiro atoms. The Labute approximate surface area is 116 Å². The summed E-state index contributed by atoms with van der Waals surface area (Å²) < 4.78 is 11.1. The molecular weight excluding hydrogens is 262 g/mol. The first-order valence-electron chi connectivity index (χ1n) is 6.33. The number of nitrogens with one attached hydrogen (secondary N) is 2. The number of rotatable bonds is 7. The highest BCUT2D eigenvalue weighted by atomic mass is 32.2. The second-order valence-corrected chi connectivity index (χ2v) is 5.95. The first-order chi connectivity index (χ1) is 9.02. The molecule has 0 saturated carbocycles. The van der Waals surface area contributed by atoms with Crippen LogP contribution < -0.4 is 10.6 Å². The SMILES string of the molecule is CCCNc1ccc(C(=O)NC(C)CS(C)=O)cn1. The van der Waals surface area contributed by atoms with Crippen molar-refractivity contribution < 1.29 is 9.00 Å². The van der Waals surface area contributed by atoms with Crippen LogP contribution in [-0.2, 0) is 10.8 Å². The quantitative estimate of drug-likeness (QED) is 0.793. The number of amides is 1. The van der Waals surface area contributed by atoms with E-state index in [1.807, 2.05) is 6.92 Å². The van der Waals surface area contributed by atoms with E-state index in [1.54, 1.807) is 24.6 Å². The van der Waals surface area contributed by atoms with Crippen LogP contribution in [0.1, 0.15) is 30.6 Å². The van der Waals surface area contributed by atoms with Crippen LogP contribution in [0.25, 0.3) is 0 Å². The van der Waals surface area contributed by atoms with E-state index < -0.39 is 10.8 Å². The molecule has 0 fully saturated rings. The van der Waals surface area contributed by atoms with Crippen LogP contribution in [-0.4, -0.2) is 39.7 Å². The predicted molar refractivity (Wildman–Crippen MR) is 78.9 cm³/mol. The molecule has 2 unspecified atom stereocenters. The van der Waals surface area contributed by atoms with Crippen molar-refractivity contribution in [1.82, 2.24) is 10.3 Å². The van der Waals surface area contributed by atoms with E-state index in [1.165, 1.54) is 0 Å². The summed E-state index contributed by atoms with van der Waals surface area (Å²) in [6.45, 7) is 4.77. The molecule has 0 saturated heterocycles. The summed E-state index contributed by atoms with van der Waals surface area (Å²) in [5.41, 5.74) is 0.510. The highest BCUT2D eigenvalue weighted by Crippen LogP contribution is 2.05. The molecule has 5 nitrogen and oxygen atoms in total. The molecule has 2 N–H and O–H groups in total. The lowest BCUT2D eigenvalue weighted by Crippen LogP contribution is -2.36. The van der Waals surface area contributed by atoms with Crippen molar-refractivity contribution in [1.29, 1.82) is 0 Å². The normalized spacial score (nSPS) is 13.6. The number of anilines is 1. The first-order valence-corrected chi connectivity index (χ1v) is 8.06. The number of hydrogen-bond acceptors (Lipinski definition) is 4. The Hall–Kier alpha value is -1.43. The highest BCUT2D eigenvalue weighted by Gasteiger charge is 2.11. The molecule has 1 aromatic heterocycles. The predicted octanol–water partition coefficient (Wildman–Crippen LogP) is 1.40. The monoisotopic (exact) mass is 283 g/mol. The van der Waals surface area contributed by atoms with E-state index in [9.17, 15) is 9.00 Å². The van der Waals surface area contributed by atoms with Gasteiger partial charge in [-0.15, -0.1) is 0 Å². The lowest BCUT2D eigenvalue weighted by atomic mass is 10.2. The molecule has 1 heterocycles. The Bertz CT molecular complexity index is 434. The summed E-state index contributed by atoms with van der Waals surface area (Å²) in [4.78, 5) is 16.1. The molecule has 0 aromatic carbocycles. The van der Waals surface area contributed by atoms with Crippen LogP contribution in [0.5, 0.6) is 0 Å². The summed E-state index contributed by atoms with van der Waals surface area (Å²) in [5.74, 6) is 1.03. The molecule has 0 bridgehead atoms. The van der Waals surface area contributed by atoms with Gasteiger partial charge < -0.3 is 10.6 Å². The molecule has 0 aliphatic carbocycles. The topological polar surface area (TPSA) is 71.1 Å². The van der Waals surface area contributed by atoms with Crippen LogP contribution >= 0.6 is 0 Å². The van der Waals surface area contributed by atoms with Crippen molar-refractivity contribution in [2.24, 2.45) is 0 Å². The summed E-state index contributed by atoms with van der Waals surface area (Å²) in [7, 11) is -0.916. The smallest absolute Gasteiger partial charge is 0.253 e. The van der Waals surface area contributed by atoms with Gasteiger partial charge in [0, 0.05) is 41.6 Å². The largest absolute Gasteiger partial charge is 0.370 e. The van der Waals surface area contributed by atoms with Crippen molar-refractivity contribution in [3.05, 3.63) is 23.9 Å². The van der Waals surface area contributed by atoms with Crippen molar-refractivity contribution in [2.45, 2.75) is 26.3 Å². The average molecular weight is 283 g/mol. The van der Waals surface area contributed by atoms with Crippen molar-refractivity contribution in [3.8, 4) is 0 Å². The Kier molecular flexibility index (Phi) is 6.49. The van der Waals surface area contributed by atoms with Gasteiger partial charge in [0.15, 0.2) is 0 Å². The summed E-state index contributed by atoms with van der Waals surface area (Å²) in [6, 6.07) is 3.40. The Balaban J connectivity index is 2.55. The van der Waals surface area contributed by atoms with Crippen molar-refractivity contribution in [2.75, 3.05) is 23.9 Å². The summed E-state index contributed by atoms with van der Waals surface area (Å²) in [6.07, 6.45) is 4.19. The van der Waals surface area contributed by atoms with E-state index in [4.69, 9.17) is 0 Å². The Morgan fingerprint density at radius 2 is 2.21 bits per heavy atom. The maximum atomic E-state index is 11.9. The highest BCUT2D eigenvalue weighted by molar-refractivity contribution is 7.84. The van der Waals surface area contributed by atoms with Crippen LogP contribution in [0.15, 0.2) is 18.3 Å². The molecule has 106 valence electrons. The maximum Gasteiger partial charge on any atom is 0.253 e. The first kappa shape index (κ1) is 15.6. The van der Waals surface area contributed by atoms with Gasteiger partial charge in [0.2, 0.25) is 0 Å². The molecule has 6 heteroatoms. The van der Waals surface area contributed by atoms with Gasteiger partial charge >= 0.3 is 0 Å². The lowest BCUT2D eigenvalue weighted by molar-refractivity contribution is 0.0943. The third kappa shape index (κ3) is 5.83. The third-order valence-corrected chi connectivity index (χ3v) is 3.41. The van der Waals surface area contributed by atoms with E-state index in [0.29, 0.717) is 11.3 Å². The fraction of sp³-hybridized carbons (Fsp3) is 0.538. The summed E-state index contributed by atoms with van der Waals surface area (Å²) >= 11 is 0. The molecule has 1 aromatic rings. The number of carbonyl (C=O) groups excluding carboxylic acids is 1. The van der Waals surface area contributed by atoms with Crippen LogP contribution in [0, 0.1) is 0 Å². The van der Waals surface area contributed by atoms with E-state index in [0.717, 1.165) is 18.8 Å². The fourth-order valence-electron chi connectivity index (χ4n) is 1.59. The summed E-state index contributed by atoms with van der Waals surface area (Å²) in [5, 5.41) is 5.94. The second kappa shape index (κ2) is 7.89. The zero-order valence-electron chi connectivity index (χ0n) is 11.6. The third-order valence-electron chi connectivity index (χ3n) is 2.44. The standard InChI is InChI=1S/C13H21N3O2S/c1-4-7-14-12-6-5-11(8-15-12)13(17)16-10(2)9-19(3)18/h5-6,8,10H,4,7,9H2,1-3H3,(H,14,15)(H,16,17). The molecule has 0 radical (unpaired) electrons. The minimum Gasteiger partial charge on any atom is -0.370 e. The maximum absolute atomic E-state index is 11.9. The number of aromatic nitrogens is 1. The van der Waals surface area contributed by atoms with Crippen molar-refractivity contribution in [3.63, 3.8) is 0 Å². The number of nitrogens with zero attached hydrogens (tertiary/aromatic N) is 1. The molecule has 0 aliphatic rings. The van der Waals surface area contributed by atoms with E-state index in [2.05, 4.69) is 22.5 Å². The minimum atomic E-state index is -0.916. The van der Waals surface area contributed by atoms with Crippen LogP contribution in [0.4, 0.5) is 5.82 Å². The zero-order chi connectivity index (χ0) is 14.3. The lowest BCUT2D eigenvalue weighted by Gasteiger charge is -2.12. The molecule has 0 aliphatic heterocycles. The van der Waals surface area contributed by atoms with Gasteiger partial charge in [-0.1, -0.05) is 6.92 Å². The van der Waals surface area contributed by atoms with Gasteiger partial charge in [-0.05, 0) is 25.5 Å². The van der Waals surface area contributed by atoms with Gasteiger partial charge in [-0.25, -0.2) is 4.98 Å². The van der Waals surface area contributed by atoms with Gasteiger partial charge in [0.1, 0.15) is 5.82 Å². The fourth-order valence-corrected chi connectivity index (χ4v) is 2.37. The van der Waals surface area contributed by atoms with Crippen LogP contribution in [0.3, 0.4) is 0 Å². The second-order valence-electron chi connectivity index (χ2n) is 4.47. The average Bonchev–Trinajstić information content (AvgIpc) is 2.35. The van der Waals surface area contributed by atoms with Crippen LogP contribution in [0.2, 0.25) is 0 Å². The van der Waals surface area contributed by atoms with E-state index in [-0.39, 0.29) is 11.9 Å². The zero-order valence-corrected chi connectivity index (χ0v) is 12.4. The number of pyridine rings is 1. The molecule has 1 amide bonds. The van der Waals surface area contributed by atoms with Gasteiger partial charge in [0.05, 0.1) is 5.56 Å². The van der Waals surface area contributed by atoms with Gasteiger partial charge in [0.25, 0.3) is 5.91 Å². The molecule has 19 heavy (non-hydrogen) atoms. The Morgan fingerprint density at radius 1 is 1.47 bits per heavy atom.